The molecule has 3 rings (SSSR count). The lowest BCUT2D eigenvalue weighted by Crippen LogP contribution is -2.25. The van der Waals surface area contributed by atoms with Gasteiger partial charge in [0.2, 0.25) is 0 Å². The van der Waals surface area contributed by atoms with Crippen LogP contribution in [0, 0.1) is 13.8 Å². The van der Waals surface area contributed by atoms with Crippen molar-refractivity contribution in [3.05, 3.63) is 53.6 Å². The van der Waals surface area contributed by atoms with Gasteiger partial charge in [-0.1, -0.05) is 0 Å². The first-order chi connectivity index (χ1) is 11.1. The number of amides is 1. The second-order valence-corrected chi connectivity index (χ2v) is 5.22. The molecule has 0 atom stereocenters. The van der Waals surface area contributed by atoms with E-state index in [9.17, 15) is 4.79 Å². The van der Waals surface area contributed by atoms with Gasteiger partial charge in [-0.05, 0) is 19.9 Å². The molecule has 0 saturated carbocycles. The van der Waals surface area contributed by atoms with Gasteiger partial charge in [0, 0.05) is 30.7 Å². The first-order valence-electron chi connectivity index (χ1n) is 7.18. The molecule has 23 heavy (non-hydrogen) atoms. The average Bonchev–Trinajstić information content (AvgIpc) is 3.15. The molecular weight excluding hydrogens is 294 g/mol. The highest BCUT2D eigenvalue weighted by molar-refractivity contribution is 5.96. The molecule has 0 saturated heterocycles. The van der Waals surface area contributed by atoms with E-state index in [1.54, 1.807) is 29.6 Å². The second-order valence-electron chi connectivity index (χ2n) is 5.22. The van der Waals surface area contributed by atoms with Gasteiger partial charge in [0.15, 0.2) is 0 Å². The Morgan fingerprint density at radius 1 is 1.30 bits per heavy atom. The summed E-state index contributed by atoms with van der Waals surface area (Å²) < 4.78 is 6.78. The maximum absolute atomic E-state index is 12.4. The summed E-state index contributed by atoms with van der Waals surface area (Å²) in [4.78, 5) is 21.1. The van der Waals surface area contributed by atoms with E-state index in [-0.39, 0.29) is 12.5 Å². The smallest absolute Gasteiger partial charge is 0.255 e. The van der Waals surface area contributed by atoms with Gasteiger partial charge >= 0.3 is 0 Å². The van der Waals surface area contributed by atoms with E-state index in [0.717, 1.165) is 11.3 Å². The summed E-state index contributed by atoms with van der Waals surface area (Å²) in [6.45, 7) is 3.97. The fraction of sp³-hybridized carbons (Fsp3) is 0.250. The molecule has 0 aliphatic heterocycles. The van der Waals surface area contributed by atoms with E-state index in [4.69, 9.17) is 4.42 Å². The van der Waals surface area contributed by atoms with Crippen molar-refractivity contribution in [3.8, 4) is 11.3 Å². The molecule has 0 aromatic carbocycles. The van der Waals surface area contributed by atoms with Crippen LogP contribution in [0.25, 0.3) is 11.3 Å². The molecule has 0 radical (unpaired) electrons. The third-order valence-corrected chi connectivity index (χ3v) is 3.72. The molecule has 1 N–H and O–H groups in total. The zero-order valence-electron chi connectivity index (χ0n) is 13.2. The van der Waals surface area contributed by atoms with Crippen LogP contribution >= 0.6 is 0 Å². The summed E-state index contributed by atoms with van der Waals surface area (Å²) in [7, 11) is 1.82. The molecule has 3 aromatic heterocycles. The Morgan fingerprint density at radius 2 is 2.09 bits per heavy atom. The highest BCUT2D eigenvalue weighted by atomic mass is 16.3. The van der Waals surface area contributed by atoms with Gasteiger partial charge in [0.1, 0.15) is 0 Å². The fourth-order valence-corrected chi connectivity index (χ4v) is 2.49. The zero-order chi connectivity index (χ0) is 16.4. The summed E-state index contributed by atoms with van der Waals surface area (Å²) in [6, 6.07) is 1.81. The molecule has 0 unspecified atom stereocenters. The molecule has 0 bridgehead atoms. The minimum atomic E-state index is -0.170. The van der Waals surface area contributed by atoms with Crippen LogP contribution in [0.2, 0.25) is 0 Å². The first kappa shape index (κ1) is 15.0. The number of carbonyl (C=O) groups excluding carboxylic acids is 1. The van der Waals surface area contributed by atoms with E-state index in [1.165, 1.54) is 0 Å². The van der Waals surface area contributed by atoms with Crippen LogP contribution in [0.3, 0.4) is 0 Å². The Morgan fingerprint density at radius 3 is 2.74 bits per heavy atom. The quantitative estimate of drug-likeness (QED) is 0.796. The van der Waals surface area contributed by atoms with Crippen LogP contribution in [0.5, 0.6) is 0 Å². The molecule has 0 aliphatic carbocycles. The lowest BCUT2D eigenvalue weighted by molar-refractivity contribution is 0.0949. The molecule has 7 heteroatoms. The third kappa shape index (κ3) is 2.85. The summed E-state index contributed by atoms with van der Waals surface area (Å²) in [5, 5.41) is 7.15. The van der Waals surface area contributed by atoms with Crippen LogP contribution in [0.15, 0.2) is 35.4 Å². The Kier molecular flexibility index (Phi) is 3.92. The average molecular weight is 311 g/mol. The number of nitrogens with zero attached hydrogens (tertiary/aromatic N) is 4. The van der Waals surface area contributed by atoms with Crippen LogP contribution in [0.4, 0.5) is 0 Å². The number of rotatable bonds is 4. The maximum Gasteiger partial charge on any atom is 0.255 e. The number of hydrogen-bond donors (Lipinski definition) is 1. The second kappa shape index (κ2) is 6.04. The number of furan rings is 1. The number of carbonyl (C=O) groups is 1. The van der Waals surface area contributed by atoms with E-state index < -0.39 is 0 Å². The summed E-state index contributed by atoms with van der Waals surface area (Å²) in [5.74, 6) is -0.170. The summed E-state index contributed by atoms with van der Waals surface area (Å²) in [6.07, 6.45) is 6.40. The first-order valence-corrected chi connectivity index (χ1v) is 7.18. The van der Waals surface area contributed by atoms with Crippen molar-refractivity contribution in [3.63, 3.8) is 0 Å². The van der Waals surface area contributed by atoms with Crippen molar-refractivity contribution in [1.82, 2.24) is 25.1 Å². The number of hydrogen-bond acceptors (Lipinski definition) is 5. The minimum absolute atomic E-state index is 0.170. The molecule has 118 valence electrons. The van der Waals surface area contributed by atoms with Gasteiger partial charge in [0.05, 0.1) is 41.7 Å². The SMILES string of the molecule is Cc1nn(C)c(C)c1C(=O)NCc1nccnc1-c1ccoc1. The number of aryl methyl sites for hydroxylation is 2. The normalized spacial score (nSPS) is 10.7. The standard InChI is InChI=1S/C16H17N5O2/c1-10-14(11(2)21(3)20-10)16(22)19-8-13-15(18-6-5-17-13)12-4-7-23-9-12/h4-7,9H,8H2,1-3H3,(H,19,22). The van der Waals surface area contributed by atoms with Crippen molar-refractivity contribution in [2.75, 3.05) is 0 Å². The monoisotopic (exact) mass is 311 g/mol. The van der Waals surface area contributed by atoms with Crippen molar-refractivity contribution in [2.24, 2.45) is 7.05 Å². The fourth-order valence-electron chi connectivity index (χ4n) is 2.49. The molecule has 3 heterocycles. The van der Waals surface area contributed by atoms with Crippen LogP contribution in [0.1, 0.15) is 27.4 Å². The third-order valence-electron chi connectivity index (χ3n) is 3.72. The van der Waals surface area contributed by atoms with Crippen molar-refractivity contribution < 1.29 is 9.21 Å². The Balaban J connectivity index is 1.80. The van der Waals surface area contributed by atoms with Crippen LogP contribution < -0.4 is 5.32 Å². The van der Waals surface area contributed by atoms with Gasteiger partial charge in [-0.15, -0.1) is 0 Å². The highest BCUT2D eigenvalue weighted by Gasteiger charge is 2.18. The Bertz CT molecular complexity index is 836. The largest absolute Gasteiger partial charge is 0.472 e. The zero-order valence-corrected chi connectivity index (χ0v) is 13.2. The minimum Gasteiger partial charge on any atom is -0.472 e. The molecule has 7 nitrogen and oxygen atoms in total. The molecule has 0 aliphatic rings. The van der Waals surface area contributed by atoms with Gasteiger partial charge in [-0.3, -0.25) is 19.4 Å². The summed E-state index contributed by atoms with van der Waals surface area (Å²) in [5.41, 5.74) is 4.34. The predicted molar refractivity (Wildman–Crippen MR) is 83.6 cm³/mol. The van der Waals surface area contributed by atoms with E-state index in [1.807, 2.05) is 27.0 Å². The highest BCUT2D eigenvalue weighted by Crippen LogP contribution is 2.20. The molecule has 0 fully saturated rings. The topological polar surface area (TPSA) is 85.8 Å². The predicted octanol–water partition coefficient (Wildman–Crippen LogP) is 2.02. The summed E-state index contributed by atoms with van der Waals surface area (Å²) >= 11 is 0. The van der Waals surface area contributed by atoms with Crippen molar-refractivity contribution >= 4 is 5.91 Å². The van der Waals surface area contributed by atoms with Gasteiger partial charge < -0.3 is 9.73 Å². The molecular formula is C16H17N5O2. The van der Waals surface area contributed by atoms with Gasteiger partial charge in [-0.2, -0.15) is 5.10 Å². The van der Waals surface area contributed by atoms with Crippen molar-refractivity contribution in [2.45, 2.75) is 20.4 Å². The molecule has 0 spiro atoms. The lowest BCUT2D eigenvalue weighted by Gasteiger charge is -2.08. The van der Waals surface area contributed by atoms with E-state index in [2.05, 4.69) is 20.4 Å². The maximum atomic E-state index is 12.4. The Hall–Kier alpha value is -2.96. The van der Waals surface area contributed by atoms with E-state index in [0.29, 0.717) is 22.6 Å². The Labute approximate surface area is 133 Å². The van der Waals surface area contributed by atoms with Gasteiger partial charge in [0.25, 0.3) is 5.91 Å². The lowest BCUT2D eigenvalue weighted by atomic mass is 10.1. The number of aromatic nitrogens is 4. The number of nitrogens with one attached hydrogen (secondary N) is 1. The molecule has 3 aromatic rings. The van der Waals surface area contributed by atoms with Crippen molar-refractivity contribution in [1.29, 1.82) is 0 Å². The molecule has 1 amide bonds. The van der Waals surface area contributed by atoms with Gasteiger partial charge in [-0.25, -0.2) is 0 Å². The van der Waals surface area contributed by atoms with E-state index >= 15 is 0 Å². The van der Waals surface area contributed by atoms with Crippen LogP contribution in [-0.2, 0) is 13.6 Å². The van der Waals surface area contributed by atoms with Crippen LogP contribution in [-0.4, -0.2) is 25.7 Å².